The first-order valence-electron chi connectivity index (χ1n) is 8.20. The van der Waals surface area contributed by atoms with Crippen LogP contribution >= 0.6 is 11.8 Å². The molecule has 2 aromatic rings. The van der Waals surface area contributed by atoms with E-state index in [4.69, 9.17) is 0 Å². The van der Waals surface area contributed by atoms with Gasteiger partial charge in [-0.1, -0.05) is 30.8 Å². The normalized spacial score (nSPS) is 16.1. The van der Waals surface area contributed by atoms with E-state index in [1.54, 1.807) is 23.7 Å². The van der Waals surface area contributed by atoms with Gasteiger partial charge in [0.2, 0.25) is 5.91 Å². The average molecular weight is 374 g/mol. The van der Waals surface area contributed by atoms with Gasteiger partial charge in [0.15, 0.2) is 5.16 Å². The van der Waals surface area contributed by atoms with Crippen molar-refractivity contribution in [2.45, 2.75) is 30.8 Å². The molecule has 1 aliphatic rings. The number of nitro benzene ring substituents is 1. The number of hydrogen-bond acceptors (Lipinski definition) is 6. The van der Waals surface area contributed by atoms with Crippen LogP contribution in [0.25, 0.3) is 0 Å². The first kappa shape index (κ1) is 18.1. The van der Waals surface area contributed by atoms with Crippen LogP contribution in [0, 0.1) is 10.1 Å². The Bertz CT molecular complexity index is 924. The average Bonchev–Trinajstić information content (AvgIpc) is 2.62. The summed E-state index contributed by atoms with van der Waals surface area (Å²) in [5.74, 6) is 0.589. The van der Waals surface area contributed by atoms with Crippen LogP contribution < -0.4 is 10.9 Å². The summed E-state index contributed by atoms with van der Waals surface area (Å²) in [4.78, 5) is 39.4. The number of rotatable bonds is 5. The summed E-state index contributed by atoms with van der Waals surface area (Å²) >= 11 is 1.46. The molecule has 0 saturated carbocycles. The van der Waals surface area contributed by atoms with Gasteiger partial charge in [0.1, 0.15) is 5.82 Å². The Kier molecular flexibility index (Phi) is 5.08. The minimum atomic E-state index is -0.483. The van der Waals surface area contributed by atoms with Crippen LogP contribution in [0.15, 0.2) is 34.2 Å². The minimum absolute atomic E-state index is 0.0356. The number of carbonyl (C=O) groups is 1. The zero-order valence-electron chi connectivity index (χ0n) is 14.4. The van der Waals surface area contributed by atoms with E-state index in [0.717, 1.165) is 12.2 Å². The molecule has 1 atom stereocenters. The highest BCUT2D eigenvalue weighted by molar-refractivity contribution is 7.99. The number of non-ortho nitro benzene ring substituents is 1. The molecule has 1 unspecified atom stereocenters. The molecule has 0 aliphatic carbocycles. The molecule has 0 bridgehead atoms. The fourth-order valence-electron chi connectivity index (χ4n) is 2.97. The fourth-order valence-corrected chi connectivity index (χ4v) is 3.79. The Morgan fingerprint density at radius 3 is 2.65 bits per heavy atom. The molecular weight excluding hydrogens is 356 g/mol. The monoisotopic (exact) mass is 374 g/mol. The lowest BCUT2D eigenvalue weighted by Gasteiger charge is -2.27. The molecular formula is C17H18N4O4S. The van der Waals surface area contributed by atoms with Gasteiger partial charge in [-0.2, -0.15) is 4.98 Å². The van der Waals surface area contributed by atoms with E-state index >= 15 is 0 Å². The maximum Gasteiger partial charge on any atom is 0.279 e. The Labute approximate surface area is 153 Å². The first-order chi connectivity index (χ1) is 12.4. The largest absolute Gasteiger partial charge is 0.312 e. The van der Waals surface area contributed by atoms with Crippen molar-refractivity contribution in [3.63, 3.8) is 0 Å². The summed E-state index contributed by atoms with van der Waals surface area (Å²) in [7, 11) is 1.77. The van der Waals surface area contributed by atoms with Gasteiger partial charge in [0.25, 0.3) is 11.2 Å². The molecule has 0 saturated heterocycles. The van der Waals surface area contributed by atoms with Crippen molar-refractivity contribution in [3.8, 4) is 0 Å². The number of nitrogens with one attached hydrogen (secondary N) is 1. The summed E-state index contributed by atoms with van der Waals surface area (Å²) in [5, 5.41) is 14.2. The molecule has 26 heavy (non-hydrogen) atoms. The van der Waals surface area contributed by atoms with Crippen LogP contribution in [-0.4, -0.2) is 26.1 Å². The number of benzene rings is 1. The second-order valence-corrected chi connectivity index (χ2v) is 7.08. The molecule has 1 N–H and O–H groups in total. The lowest BCUT2D eigenvalue weighted by molar-refractivity contribution is -0.384. The van der Waals surface area contributed by atoms with Gasteiger partial charge in [-0.05, 0) is 12.0 Å². The van der Waals surface area contributed by atoms with Gasteiger partial charge in [0, 0.05) is 37.3 Å². The van der Waals surface area contributed by atoms with Crippen LogP contribution in [0.5, 0.6) is 0 Å². The maximum atomic E-state index is 12.7. The topological polar surface area (TPSA) is 107 Å². The molecule has 1 aromatic carbocycles. The summed E-state index contributed by atoms with van der Waals surface area (Å²) in [5.41, 5.74) is 0.688. The fraction of sp³-hybridized carbons (Fsp3) is 0.353. The summed E-state index contributed by atoms with van der Waals surface area (Å²) in [6.45, 7) is 2.04. The molecule has 0 fully saturated rings. The van der Waals surface area contributed by atoms with E-state index in [9.17, 15) is 19.7 Å². The predicted octanol–water partition coefficient (Wildman–Crippen LogP) is 2.66. The Morgan fingerprint density at radius 1 is 1.35 bits per heavy atom. The number of thioether (sulfide) groups is 1. The van der Waals surface area contributed by atoms with Crippen LogP contribution in [0.3, 0.4) is 0 Å². The predicted molar refractivity (Wildman–Crippen MR) is 98.7 cm³/mol. The third kappa shape index (κ3) is 3.34. The molecule has 1 aliphatic heterocycles. The summed E-state index contributed by atoms with van der Waals surface area (Å²) in [6.07, 6.45) is 1.04. The quantitative estimate of drug-likeness (QED) is 0.373. The third-order valence-corrected chi connectivity index (χ3v) is 5.48. The van der Waals surface area contributed by atoms with E-state index in [1.165, 1.54) is 23.9 Å². The molecule has 8 nitrogen and oxygen atoms in total. The molecule has 9 heteroatoms. The standard InChI is InChI=1S/C17H18N4O4S/c1-3-8-26-17-19-16(23)14-12(9-13(22)18-15(14)20(17)2)10-4-6-11(7-5-10)21(24)25/h4-7,12H,3,8-9H2,1-2H3,(H,18,22). The molecule has 1 amide bonds. The lowest BCUT2D eigenvalue weighted by Crippen LogP contribution is -2.33. The number of amides is 1. The maximum absolute atomic E-state index is 12.7. The van der Waals surface area contributed by atoms with Crippen LogP contribution in [-0.2, 0) is 11.8 Å². The second kappa shape index (κ2) is 7.28. The molecule has 136 valence electrons. The third-order valence-electron chi connectivity index (χ3n) is 4.24. The lowest BCUT2D eigenvalue weighted by atomic mass is 9.86. The second-order valence-electron chi connectivity index (χ2n) is 6.02. The minimum Gasteiger partial charge on any atom is -0.312 e. The summed E-state index contributed by atoms with van der Waals surface area (Å²) in [6, 6.07) is 5.94. The van der Waals surface area contributed by atoms with Gasteiger partial charge in [0.05, 0.1) is 10.5 Å². The van der Waals surface area contributed by atoms with E-state index in [1.807, 2.05) is 6.92 Å². The van der Waals surface area contributed by atoms with E-state index in [0.29, 0.717) is 22.1 Å². The zero-order chi connectivity index (χ0) is 18.8. The van der Waals surface area contributed by atoms with Crippen LogP contribution in [0.1, 0.15) is 36.8 Å². The SMILES string of the molecule is CCCSc1nc(=O)c2c(n1C)NC(=O)CC2c1ccc([N+](=O)[O-])cc1. The molecule has 0 spiro atoms. The van der Waals surface area contributed by atoms with Crippen molar-refractivity contribution < 1.29 is 9.72 Å². The van der Waals surface area contributed by atoms with Crippen LogP contribution in [0.4, 0.5) is 11.5 Å². The van der Waals surface area contributed by atoms with E-state index in [2.05, 4.69) is 10.3 Å². The smallest absolute Gasteiger partial charge is 0.279 e. The van der Waals surface area contributed by atoms with Crippen molar-refractivity contribution in [1.82, 2.24) is 9.55 Å². The van der Waals surface area contributed by atoms with E-state index < -0.39 is 10.8 Å². The Hall–Kier alpha value is -2.68. The van der Waals surface area contributed by atoms with Gasteiger partial charge in [-0.15, -0.1) is 0 Å². The molecule has 3 rings (SSSR count). The van der Waals surface area contributed by atoms with Crippen molar-refractivity contribution in [2.75, 3.05) is 11.1 Å². The first-order valence-corrected chi connectivity index (χ1v) is 9.18. The number of hydrogen-bond donors (Lipinski definition) is 1. The summed E-state index contributed by atoms with van der Waals surface area (Å²) < 4.78 is 1.73. The molecule has 0 radical (unpaired) electrons. The number of fused-ring (bicyclic) bond motifs is 1. The van der Waals surface area contributed by atoms with Gasteiger partial charge in [-0.25, -0.2) is 0 Å². The number of nitrogens with zero attached hydrogens (tertiary/aromatic N) is 3. The van der Waals surface area contributed by atoms with E-state index in [-0.39, 0.29) is 23.6 Å². The zero-order valence-corrected chi connectivity index (χ0v) is 15.2. The Balaban J connectivity index is 2.09. The van der Waals surface area contributed by atoms with Gasteiger partial charge < -0.3 is 9.88 Å². The van der Waals surface area contributed by atoms with Gasteiger partial charge >= 0.3 is 0 Å². The number of carbonyl (C=O) groups excluding carboxylic acids is 1. The van der Waals surface area contributed by atoms with Crippen molar-refractivity contribution >= 4 is 29.2 Å². The number of anilines is 1. The van der Waals surface area contributed by atoms with Crippen molar-refractivity contribution in [2.24, 2.45) is 7.05 Å². The number of aromatic nitrogens is 2. The molecule has 1 aromatic heterocycles. The molecule has 2 heterocycles. The highest BCUT2D eigenvalue weighted by Crippen LogP contribution is 2.36. The van der Waals surface area contributed by atoms with Crippen molar-refractivity contribution in [1.29, 1.82) is 0 Å². The highest BCUT2D eigenvalue weighted by atomic mass is 32.2. The van der Waals surface area contributed by atoms with Gasteiger partial charge in [-0.3, -0.25) is 19.7 Å². The van der Waals surface area contributed by atoms with Crippen molar-refractivity contribution in [3.05, 3.63) is 55.9 Å². The Morgan fingerprint density at radius 2 is 2.04 bits per heavy atom. The number of nitro groups is 1. The van der Waals surface area contributed by atoms with Crippen LogP contribution in [0.2, 0.25) is 0 Å². The highest BCUT2D eigenvalue weighted by Gasteiger charge is 2.32.